The summed E-state index contributed by atoms with van der Waals surface area (Å²) in [5, 5.41) is 0.646. The summed E-state index contributed by atoms with van der Waals surface area (Å²) in [5.74, 6) is 0.735. The Kier molecular flexibility index (Phi) is 3.85. The lowest BCUT2D eigenvalue weighted by Crippen LogP contribution is -2.03. The fourth-order valence-electron chi connectivity index (χ4n) is 2.41. The average molecular weight is 333 g/mol. The molecule has 2 aromatic carbocycles. The Balaban J connectivity index is 1.96. The van der Waals surface area contributed by atoms with Crippen molar-refractivity contribution in [3.05, 3.63) is 54.0 Å². The third-order valence-electron chi connectivity index (χ3n) is 3.67. The second-order valence-corrected chi connectivity index (χ2v) is 7.52. The molecule has 0 fully saturated rings. The summed E-state index contributed by atoms with van der Waals surface area (Å²) in [4.78, 5) is 3.39. The Bertz CT molecular complexity index is 959. The van der Waals surface area contributed by atoms with Gasteiger partial charge in [0.15, 0.2) is 15.6 Å². The van der Waals surface area contributed by atoms with Gasteiger partial charge in [-0.25, -0.2) is 12.8 Å². The Hall–Kier alpha value is -2.34. The minimum atomic E-state index is -3.24. The molecule has 0 bridgehead atoms. The molecule has 1 N–H and O–H groups in total. The number of aryl methyl sites for hydroxylation is 1. The first-order chi connectivity index (χ1) is 10.9. The fraction of sp³-hybridized carbons (Fsp3) is 0.176. The average Bonchev–Trinajstić information content (AvgIpc) is 2.83. The number of H-pyrrole nitrogens is 1. The summed E-state index contributed by atoms with van der Waals surface area (Å²) >= 11 is 0. The van der Waals surface area contributed by atoms with E-state index in [1.807, 2.05) is 6.92 Å². The fourth-order valence-corrected chi connectivity index (χ4v) is 3.29. The zero-order valence-corrected chi connectivity index (χ0v) is 13.6. The highest BCUT2D eigenvalue weighted by Gasteiger charge is 2.14. The lowest BCUT2D eigenvalue weighted by atomic mass is 10.2. The van der Waals surface area contributed by atoms with Crippen molar-refractivity contribution in [2.45, 2.75) is 18.7 Å². The number of aromatic amines is 1. The Morgan fingerprint density at radius 1 is 1.13 bits per heavy atom. The van der Waals surface area contributed by atoms with E-state index in [4.69, 9.17) is 4.74 Å². The van der Waals surface area contributed by atoms with Crippen LogP contribution in [0.5, 0.6) is 11.5 Å². The molecule has 0 aliphatic heterocycles. The molecule has 6 heteroatoms. The van der Waals surface area contributed by atoms with Gasteiger partial charge in [-0.3, -0.25) is 0 Å². The molecule has 4 nitrogen and oxygen atoms in total. The van der Waals surface area contributed by atoms with Crippen molar-refractivity contribution in [2.24, 2.45) is 0 Å². The Labute approximate surface area is 133 Å². The van der Waals surface area contributed by atoms with E-state index in [0.717, 1.165) is 11.2 Å². The number of nitrogens with one attached hydrogen (secondary N) is 1. The van der Waals surface area contributed by atoms with Crippen LogP contribution in [-0.2, 0) is 9.84 Å². The maximum absolute atomic E-state index is 13.5. The standard InChI is InChI=1S/C17H16FNO3S/c1-3-23(20,21)14-7-5-13(6-8-14)22-17-11(2)19-16-9-4-12(18)10-15(16)17/h4-10,19H,3H2,1-2H3. The molecule has 0 atom stereocenters. The van der Waals surface area contributed by atoms with Gasteiger partial charge in [-0.05, 0) is 49.4 Å². The molecule has 0 aliphatic carbocycles. The number of aromatic nitrogens is 1. The van der Waals surface area contributed by atoms with Crippen molar-refractivity contribution in [3.8, 4) is 11.5 Å². The summed E-state index contributed by atoms with van der Waals surface area (Å²) in [6, 6.07) is 10.7. The molecule has 1 aromatic heterocycles. The van der Waals surface area contributed by atoms with Gasteiger partial charge in [-0.2, -0.15) is 0 Å². The maximum atomic E-state index is 13.5. The zero-order valence-electron chi connectivity index (χ0n) is 12.8. The normalized spacial score (nSPS) is 11.8. The van der Waals surface area contributed by atoms with Crippen LogP contribution in [0.1, 0.15) is 12.6 Å². The molecule has 0 saturated heterocycles. The zero-order chi connectivity index (χ0) is 16.6. The molecule has 0 aliphatic rings. The third-order valence-corrected chi connectivity index (χ3v) is 5.42. The highest BCUT2D eigenvalue weighted by molar-refractivity contribution is 7.91. The predicted molar refractivity (Wildman–Crippen MR) is 87.2 cm³/mol. The smallest absolute Gasteiger partial charge is 0.178 e. The second kappa shape index (κ2) is 5.70. The lowest BCUT2D eigenvalue weighted by Gasteiger charge is -2.07. The van der Waals surface area contributed by atoms with Crippen LogP contribution in [0.2, 0.25) is 0 Å². The first-order valence-electron chi connectivity index (χ1n) is 7.19. The molecule has 0 saturated carbocycles. The summed E-state index contributed by atoms with van der Waals surface area (Å²) in [6.45, 7) is 3.44. The number of ether oxygens (including phenoxy) is 1. The van der Waals surface area contributed by atoms with E-state index in [0.29, 0.717) is 16.9 Å². The molecular formula is C17H16FNO3S. The van der Waals surface area contributed by atoms with Crippen LogP contribution < -0.4 is 4.74 Å². The van der Waals surface area contributed by atoms with Crippen LogP contribution in [0, 0.1) is 12.7 Å². The second-order valence-electron chi connectivity index (χ2n) is 5.25. The van der Waals surface area contributed by atoms with E-state index in [-0.39, 0.29) is 16.5 Å². The van der Waals surface area contributed by atoms with Crippen LogP contribution in [0.3, 0.4) is 0 Å². The van der Waals surface area contributed by atoms with Gasteiger partial charge in [-0.15, -0.1) is 0 Å². The van der Waals surface area contributed by atoms with Gasteiger partial charge in [0.05, 0.1) is 16.3 Å². The topological polar surface area (TPSA) is 59.2 Å². The van der Waals surface area contributed by atoms with Crippen molar-refractivity contribution in [1.82, 2.24) is 4.98 Å². The van der Waals surface area contributed by atoms with E-state index in [1.165, 1.54) is 24.3 Å². The third kappa shape index (κ3) is 2.94. The Morgan fingerprint density at radius 2 is 1.83 bits per heavy atom. The number of sulfone groups is 1. The van der Waals surface area contributed by atoms with Crippen LogP contribution in [-0.4, -0.2) is 19.2 Å². The Morgan fingerprint density at radius 3 is 2.48 bits per heavy atom. The van der Waals surface area contributed by atoms with Crippen molar-refractivity contribution < 1.29 is 17.5 Å². The largest absolute Gasteiger partial charge is 0.455 e. The molecule has 3 rings (SSSR count). The molecule has 0 radical (unpaired) electrons. The summed E-state index contributed by atoms with van der Waals surface area (Å²) in [7, 11) is -3.24. The maximum Gasteiger partial charge on any atom is 0.178 e. The highest BCUT2D eigenvalue weighted by Crippen LogP contribution is 2.34. The molecule has 3 aromatic rings. The quantitative estimate of drug-likeness (QED) is 0.778. The van der Waals surface area contributed by atoms with Gasteiger partial charge in [-0.1, -0.05) is 6.92 Å². The molecule has 0 amide bonds. The summed E-state index contributed by atoms with van der Waals surface area (Å²) in [5.41, 5.74) is 1.56. The van der Waals surface area contributed by atoms with E-state index in [2.05, 4.69) is 4.98 Å². The molecular weight excluding hydrogens is 317 g/mol. The molecule has 0 spiro atoms. The van der Waals surface area contributed by atoms with Crippen molar-refractivity contribution in [2.75, 3.05) is 5.75 Å². The molecule has 23 heavy (non-hydrogen) atoms. The SMILES string of the molecule is CCS(=O)(=O)c1ccc(Oc2c(C)[nH]c3ccc(F)cc23)cc1. The van der Waals surface area contributed by atoms with Gasteiger partial charge >= 0.3 is 0 Å². The minimum absolute atomic E-state index is 0.0496. The molecule has 1 heterocycles. The minimum Gasteiger partial charge on any atom is -0.455 e. The van der Waals surface area contributed by atoms with Crippen LogP contribution >= 0.6 is 0 Å². The number of halogens is 1. The lowest BCUT2D eigenvalue weighted by molar-refractivity contribution is 0.483. The molecule has 0 unspecified atom stereocenters. The number of hydrogen-bond donors (Lipinski definition) is 1. The van der Waals surface area contributed by atoms with Crippen molar-refractivity contribution >= 4 is 20.7 Å². The van der Waals surface area contributed by atoms with Gasteiger partial charge < -0.3 is 9.72 Å². The summed E-state index contributed by atoms with van der Waals surface area (Å²) < 4.78 is 42.9. The highest BCUT2D eigenvalue weighted by atomic mass is 32.2. The predicted octanol–water partition coefficient (Wildman–Crippen LogP) is 4.20. The number of fused-ring (bicyclic) bond motifs is 1. The number of benzene rings is 2. The van der Waals surface area contributed by atoms with E-state index >= 15 is 0 Å². The van der Waals surface area contributed by atoms with Gasteiger partial charge in [0, 0.05) is 10.9 Å². The monoisotopic (exact) mass is 333 g/mol. The molecule has 120 valence electrons. The van der Waals surface area contributed by atoms with E-state index in [9.17, 15) is 12.8 Å². The van der Waals surface area contributed by atoms with Crippen molar-refractivity contribution in [3.63, 3.8) is 0 Å². The number of rotatable bonds is 4. The first-order valence-corrected chi connectivity index (χ1v) is 8.84. The van der Waals surface area contributed by atoms with Crippen LogP contribution in [0.25, 0.3) is 10.9 Å². The first kappa shape index (κ1) is 15.6. The van der Waals surface area contributed by atoms with E-state index in [1.54, 1.807) is 25.1 Å². The van der Waals surface area contributed by atoms with Crippen molar-refractivity contribution in [1.29, 1.82) is 0 Å². The van der Waals surface area contributed by atoms with Crippen LogP contribution in [0.4, 0.5) is 4.39 Å². The van der Waals surface area contributed by atoms with E-state index < -0.39 is 9.84 Å². The van der Waals surface area contributed by atoms with Gasteiger partial charge in [0.1, 0.15) is 11.6 Å². The summed E-state index contributed by atoms with van der Waals surface area (Å²) in [6.07, 6.45) is 0. The number of hydrogen-bond acceptors (Lipinski definition) is 3. The van der Waals surface area contributed by atoms with Gasteiger partial charge in [0.2, 0.25) is 0 Å². The van der Waals surface area contributed by atoms with Crippen LogP contribution in [0.15, 0.2) is 47.4 Å². The van der Waals surface area contributed by atoms with Gasteiger partial charge in [0.25, 0.3) is 0 Å².